The highest BCUT2D eigenvalue weighted by Crippen LogP contribution is 2.43. The van der Waals surface area contributed by atoms with Crippen molar-refractivity contribution in [2.75, 3.05) is 23.0 Å². The van der Waals surface area contributed by atoms with Crippen molar-refractivity contribution in [3.05, 3.63) is 48.6 Å². The van der Waals surface area contributed by atoms with Crippen molar-refractivity contribution in [3.63, 3.8) is 0 Å². The number of aliphatic hydroxyl groups excluding tert-OH is 1. The maximum Gasteiger partial charge on any atom is 0.237 e. The van der Waals surface area contributed by atoms with E-state index >= 15 is 0 Å². The number of fused-ring (bicyclic) bond motifs is 2. The molecule has 0 saturated heterocycles. The van der Waals surface area contributed by atoms with E-state index in [1.54, 1.807) is 0 Å². The summed E-state index contributed by atoms with van der Waals surface area (Å²) in [6, 6.07) is 8.15. The van der Waals surface area contributed by atoms with E-state index in [9.17, 15) is 4.79 Å². The van der Waals surface area contributed by atoms with Gasteiger partial charge in [-0.2, -0.15) is 0 Å². The molecule has 1 aliphatic heterocycles. The zero-order valence-corrected chi connectivity index (χ0v) is 13.1. The van der Waals surface area contributed by atoms with Gasteiger partial charge in [0, 0.05) is 10.6 Å². The lowest BCUT2D eigenvalue weighted by Crippen LogP contribution is -2.48. The van der Waals surface area contributed by atoms with Crippen LogP contribution in [0.5, 0.6) is 0 Å². The highest BCUT2D eigenvalue weighted by atomic mass is 32.2. The Bertz CT molecular complexity index is 585. The SMILES string of the molecule is O=C(CSCCO)N1c2ccccc2S[C@@H]2C=CC=C[C@@H]21. The number of hydrogen-bond donors (Lipinski definition) is 1. The second-order valence-corrected chi connectivity index (χ2v) is 7.18. The molecule has 110 valence electrons. The van der Waals surface area contributed by atoms with Crippen molar-refractivity contribution in [1.29, 1.82) is 0 Å². The number of thioether (sulfide) groups is 2. The second-order valence-electron chi connectivity index (χ2n) is 4.85. The average molecular weight is 319 g/mol. The summed E-state index contributed by atoms with van der Waals surface area (Å²) < 4.78 is 0. The Morgan fingerprint density at radius 1 is 1.29 bits per heavy atom. The van der Waals surface area contributed by atoms with Gasteiger partial charge in [0.05, 0.1) is 29.3 Å². The molecule has 0 saturated carbocycles. The molecule has 21 heavy (non-hydrogen) atoms. The monoisotopic (exact) mass is 319 g/mol. The molecule has 1 aliphatic carbocycles. The van der Waals surface area contributed by atoms with E-state index in [1.165, 1.54) is 11.8 Å². The second kappa shape index (κ2) is 6.73. The summed E-state index contributed by atoms with van der Waals surface area (Å²) >= 11 is 3.29. The molecule has 1 aromatic carbocycles. The average Bonchev–Trinajstić information content (AvgIpc) is 2.52. The summed E-state index contributed by atoms with van der Waals surface area (Å²) in [5.74, 6) is 1.11. The van der Waals surface area contributed by atoms with E-state index in [4.69, 9.17) is 5.11 Å². The normalized spacial score (nSPS) is 22.8. The quantitative estimate of drug-likeness (QED) is 0.866. The number of benzene rings is 1. The van der Waals surface area contributed by atoms with Gasteiger partial charge < -0.3 is 10.0 Å². The number of allylic oxidation sites excluding steroid dienone is 2. The Morgan fingerprint density at radius 3 is 2.95 bits per heavy atom. The van der Waals surface area contributed by atoms with Crippen LogP contribution in [0.15, 0.2) is 53.5 Å². The number of nitrogens with zero attached hydrogens (tertiary/aromatic N) is 1. The van der Waals surface area contributed by atoms with Gasteiger partial charge in [0.1, 0.15) is 0 Å². The number of carbonyl (C=O) groups excluding carboxylic acids is 1. The standard InChI is InChI=1S/C16H17NO2S2/c18-9-10-20-11-16(19)17-12-5-1-3-7-14(12)21-15-8-4-2-6-13(15)17/h1-8,12,14,18H,9-11H2/t12-,14+/m0/s1. The fraction of sp³-hybridized carbons (Fsp3) is 0.312. The Kier molecular flexibility index (Phi) is 4.73. The third-order valence-electron chi connectivity index (χ3n) is 3.47. The summed E-state index contributed by atoms with van der Waals surface area (Å²) in [6.45, 7) is 0.110. The molecular formula is C16H17NO2S2. The topological polar surface area (TPSA) is 40.5 Å². The first-order valence-electron chi connectivity index (χ1n) is 6.92. The molecule has 0 spiro atoms. The van der Waals surface area contributed by atoms with E-state index in [0.29, 0.717) is 11.5 Å². The minimum Gasteiger partial charge on any atom is -0.396 e. The Balaban J connectivity index is 1.89. The van der Waals surface area contributed by atoms with Crippen LogP contribution < -0.4 is 4.90 Å². The van der Waals surface area contributed by atoms with Gasteiger partial charge in [-0.1, -0.05) is 36.4 Å². The van der Waals surface area contributed by atoms with Gasteiger partial charge in [0.25, 0.3) is 0 Å². The molecule has 0 fully saturated rings. The van der Waals surface area contributed by atoms with Crippen LogP contribution >= 0.6 is 23.5 Å². The van der Waals surface area contributed by atoms with Gasteiger partial charge in [0.2, 0.25) is 5.91 Å². The number of hydrogen-bond acceptors (Lipinski definition) is 4. The van der Waals surface area contributed by atoms with Crippen LogP contribution in [-0.2, 0) is 4.79 Å². The predicted molar refractivity (Wildman–Crippen MR) is 90.1 cm³/mol. The van der Waals surface area contributed by atoms with Gasteiger partial charge >= 0.3 is 0 Å². The Hall–Kier alpha value is -1.17. The highest BCUT2D eigenvalue weighted by Gasteiger charge is 2.36. The van der Waals surface area contributed by atoms with Crippen LogP contribution in [0.2, 0.25) is 0 Å². The van der Waals surface area contributed by atoms with E-state index in [0.717, 1.165) is 10.6 Å². The van der Waals surface area contributed by atoms with Crippen LogP contribution in [0.4, 0.5) is 5.69 Å². The fourth-order valence-electron chi connectivity index (χ4n) is 2.57. The molecule has 0 aromatic heterocycles. The van der Waals surface area contributed by atoms with Crippen molar-refractivity contribution in [3.8, 4) is 0 Å². The summed E-state index contributed by atoms with van der Waals surface area (Å²) in [5, 5.41) is 9.14. The zero-order chi connectivity index (χ0) is 14.7. The molecule has 5 heteroatoms. The molecule has 1 amide bonds. The van der Waals surface area contributed by atoms with Crippen molar-refractivity contribution >= 4 is 35.1 Å². The fourth-order valence-corrected chi connectivity index (χ4v) is 4.42. The molecule has 0 unspecified atom stereocenters. The van der Waals surface area contributed by atoms with Crippen molar-refractivity contribution in [2.24, 2.45) is 0 Å². The maximum absolute atomic E-state index is 12.6. The number of carbonyl (C=O) groups is 1. The Morgan fingerprint density at radius 2 is 2.10 bits per heavy atom. The molecular weight excluding hydrogens is 302 g/mol. The van der Waals surface area contributed by atoms with Gasteiger partial charge in [0.15, 0.2) is 0 Å². The van der Waals surface area contributed by atoms with Crippen LogP contribution in [-0.4, -0.2) is 40.4 Å². The number of rotatable bonds is 4. The Labute approximate surface area is 133 Å². The lowest BCUT2D eigenvalue weighted by Gasteiger charge is -2.40. The molecule has 1 N–H and O–H groups in total. The smallest absolute Gasteiger partial charge is 0.237 e. The van der Waals surface area contributed by atoms with Crippen LogP contribution in [0, 0.1) is 0 Å². The molecule has 0 radical (unpaired) electrons. The first-order chi connectivity index (χ1) is 10.3. The molecule has 2 atom stereocenters. The number of anilines is 1. The van der Waals surface area contributed by atoms with E-state index in [1.807, 2.05) is 47.0 Å². The number of para-hydroxylation sites is 1. The molecule has 3 rings (SSSR count). The summed E-state index contributed by atoms with van der Waals surface area (Å²) in [4.78, 5) is 15.7. The zero-order valence-electron chi connectivity index (χ0n) is 11.5. The predicted octanol–water partition coefficient (Wildman–Crippen LogP) is 2.71. The van der Waals surface area contributed by atoms with E-state index < -0.39 is 0 Å². The molecule has 2 aliphatic rings. The first kappa shape index (κ1) is 14.8. The summed E-state index contributed by atoms with van der Waals surface area (Å²) in [6.07, 6.45) is 8.32. The maximum atomic E-state index is 12.6. The van der Waals surface area contributed by atoms with Crippen molar-refractivity contribution < 1.29 is 9.90 Å². The van der Waals surface area contributed by atoms with Crippen molar-refractivity contribution in [1.82, 2.24) is 0 Å². The first-order valence-corrected chi connectivity index (χ1v) is 8.96. The lowest BCUT2D eigenvalue weighted by molar-refractivity contribution is -0.116. The minimum absolute atomic E-state index is 0.0807. The van der Waals surface area contributed by atoms with Gasteiger partial charge in [-0.15, -0.1) is 23.5 Å². The van der Waals surface area contributed by atoms with E-state index in [2.05, 4.69) is 18.2 Å². The largest absolute Gasteiger partial charge is 0.396 e. The van der Waals surface area contributed by atoms with Gasteiger partial charge in [-0.25, -0.2) is 0 Å². The summed E-state index contributed by atoms with van der Waals surface area (Å²) in [7, 11) is 0. The van der Waals surface area contributed by atoms with Gasteiger partial charge in [-0.05, 0) is 12.1 Å². The third-order valence-corrected chi connectivity index (χ3v) is 5.70. The highest BCUT2D eigenvalue weighted by molar-refractivity contribution is 8.00. The van der Waals surface area contributed by atoms with Crippen molar-refractivity contribution in [2.45, 2.75) is 16.2 Å². The minimum atomic E-state index is 0.0807. The molecule has 0 bridgehead atoms. The van der Waals surface area contributed by atoms with E-state index in [-0.39, 0.29) is 23.8 Å². The van der Waals surface area contributed by atoms with Gasteiger partial charge in [-0.3, -0.25) is 4.79 Å². The third kappa shape index (κ3) is 3.05. The summed E-state index contributed by atoms with van der Waals surface area (Å²) in [5.41, 5.74) is 0.998. The molecule has 1 heterocycles. The number of amides is 1. The van der Waals surface area contributed by atoms with Crippen LogP contribution in [0.25, 0.3) is 0 Å². The number of aliphatic hydroxyl groups is 1. The lowest BCUT2D eigenvalue weighted by atomic mass is 10.0. The van der Waals surface area contributed by atoms with Crippen LogP contribution in [0.3, 0.4) is 0 Å². The molecule has 1 aromatic rings. The van der Waals surface area contributed by atoms with Crippen LogP contribution in [0.1, 0.15) is 0 Å². The molecule has 3 nitrogen and oxygen atoms in total.